The van der Waals surface area contributed by atoms with Gasteiger partial charge in [0.05, 0.1) is 12.2 Å². The van der Waals surface area contributed by atoms with E-state index in [1.165, 1.54) is 10.7 Å². The van der Waals surface area contributed by atoms with Gasteiger partial charge in [-0.1, -0.05) is 34.6 Å². The number of rotatable bonds is 5. The minimum atomic E-state index is 0. The smallest absolute Gasteiger partial charge is 0.107 e. The average Bonchev–Trinajstić information content (AvgIpc) is 2.64. The maximum Gasteiger partial charge on any atom is 0.107 e. The van der Waals surface area contributed by atoms with Crippen LogP contribution in [0.5, 0.6) is 0 Å². The highest BCUT2D eigenvalue weighted by molar-refractivity contribution is 7.09. The SMILES string of the molecule is CN(Cc1nc(C(C)(C)C)cs1)CC(C)(C)CN.Cl.Cl. The first kappa shape index (κ1) is 22.4. The maximum atomic E-state index is 5.77. The van der Waals surface area contributed by atoms with Gasteiger partial charge < -0.3 is 5.73 Å². The molecule has 0 aliphatic heterocycles. The standard InChI is InChI=1S/C14H27N3S.2ClH/c1-13(2,3)11-8-18-12(16-11)7-17(6)10-14(4,5)9-15;;/h8H,7,9-10,15H2,1-6H3;2*1H. The number of nitrogens with two attached hydrogens (primary N) is 1. The van der Waals surface area contributed by atoms with Crippen molar-refractivity contribution in [1.29, 1.82) is 0 Å². The largest absolute Gasteiger partial charge is 0.330 e. The van der Waals surface area contributed by atoms with Crippen LogP contribution in [0.25, 0.3) is 0 Å². The zero-order valence-electron chi connectivity index (χ0n) is 13.4. The lowest BCUT2D eigenvalue weighted by Gasteiger charge is -2.28. The van der Waals surface area contributed by atoms with E-state index in [4.69, 9.17) is 10.7 Å². The Kier molecular flexibility index (Phi) is 9.57. The molecule has 120 valence electrons. The Morgan fingerprint density at radius 1 is 1.20 bits per heavy atom. The first-order valence-corrected chi connectivity index (χ1v) is 7.35. The van der Waals surface area contributed by atoms with E-state index in [1.807, 2.05) is 0 Å². The summed E-state index contributed by atoms with van der Waals surface area (Å²) in [6.45, 7) is 13.6. The Bertz CT molecular complexity index is 386. The van der Waals surface area contributed by atoms with Crippen molar-refractivity contribution in [2.24, 2.45) is 11.1 Å². The summed E-state index contributed by atoms with van der Waals surface area (Å²) in [5.74, 6) is 0. The lowest BCUT2D eigenvalue weighted by molar-refractivity contribution is 0.209. The summed E-state index contributed by atoms with van der Waals surface area (Å²) in [4.78, 5) is 7.03. The van der Waals surface area contributed by atoms with Crippen LogP contribution in [0.15, 0.2) is 5.38 Å². The Labute approximate surface area is 140 Å². The first-order valence-electron chi connectivity index (χ1n) is 6.47. The van der Waals surface area contributed by atoms with Gasteiger partial charge >= 0.3 is 0 Å². The van der Waals surface area contributed by atoms with Crippen LogP contribution in [-0.2, 0) is 12.0 Å². The number of hydrogen-bond donors (Lipinski definition) is 1. The van der Waals surface area contributed by atoms with Crippen LogP contribution in [0.3, 0.4) is 0 Å². The van der Waals surface area contributed by atoms with Crippen LogP contribution in [0, 0.1) is 5.41 Å². The molecule has 0 aliphatic carbocycles. The van der Waals surface area contributed by atoms with Crippen molar-refractivity contribution < 1.29 is 0 Å². The molecule has 1 heterocycles. The number of nitrogens with zero attached hydrogens (tertiary/aromatic N) is 2. The van der Waals surface area contributed by atoms with E-state index in [0.717, 1.165) is 13.1 Å². The third-order valence-corrected chi connectivity index (χ3v) is 3.81. The van der Waals surface area contributed by atoms with Crippen molar-refractivity contribution in [3.63, 3.8) is 0 Å². The van der Waals surface area contributed by atoms with Crippen molar-refractivity contribution in [3.8, 4) is 0 Å². The van der Waals surface area contributed by atoms with Gasteiger partial charge in [0.25, 0.3) is 0 Å². The third kappa shape index (κ3) is 7.23. The van der Waals surface area contributed by atoms with E-state index in [0.29, 0.717) is 6.54 Å². The fourth-order valence-corrected chi connectivity index (χ4v) is 2.91. The van der Waals surface area contributed by atoms with Crippen LogP contribution in [0.1, 0.15) is 45.3 Å². The third-order valence-electron chi connectivity index (χ3n) is 2.98. The van der Waals surface area contributed by atoms with Gasteiger partial charge in [-0.25, -0.2) is 4.98 Å². The zero-order chi connectivity index (χ0) is 14.0. The van der Waals surface area contributed by atoms with Gasteiger partial charge in [0.1, 0.15) is 5.01 Å². The van der Waals surface area contributed by atoms with Crippen molar-refractivity contribution in [3.05, 3.63) is 16.1 Å². The molecule has 2 N–H and O–H groups in total. The molecule has 6 heteroatoms. The summed E-state index contributed by atoms with van der Waals surface area (Å²) in [5, 5.41) is 3.37. The highest BCUT2D eigenvalue weighted by Gasteiger charge is 2.20. The normalized spacial score (nSPS) is 12.0. The quantitative estimate of drug-likeness (QED) is 0.887. The predicted octanol–water partition coefficient (Wildman–Crippen LogP) is 3.70. The maximum absolute atomic E-state index is 5.77. The minimum Gasteiger partial charge on any atom is -0.330 e. The molecule has 0 bridgehead atoms. The van der Waals surface area contributed by atoms with E-state index >= 15 is 0 Å². The van der Waals surface area contributed by atoms with Crippen LogP contribution >= 0.6 is 36.2 Å². The molecular formula is C14H29Cl2N3S. The molecule has 0 spiro atoms. The molecule has 0 aliphatic rings. The molecule has 0 unspecified atom stereocenters. The van der Waals surface area contributed by atoms with Gasteiger partial charge in [0, 0.05) is 17.3 Å². The van der Waals surface area contributed by atoms with E-state index in [1.54, 1.807) is 11.3 Å². The molecule has 0 saturated heterocycles. The second-order valence-electron chi connectivity index (χ2n) is 6.92. The van der Waals surface area contributed by atoms with E-state index < -0.39 is 0 Å². The molecule has 1 aromatic rings. The van der Waals surface area contributed by atoms with Crippen LogP contribution in [0.2, 0.25) is 0 Å². The molecule has 3 nitrogen and oxygen atoms in total. The summed E-state index contributed by atoms with van der Waals surface area (Å²) in [6.07, 6.45) is 0. The van der Waals surface area contributed by atoms with E-state index in [-0.39, 0.29) is 35.6 Å². The molecule has 0 radical (unpaired) electrons. The highest BCUT2D eigenvalue weighted by Crippen LogP contribution is 2.25. The number of halogens is 2. The topological polar surface area (TPSA) is 42.2 Å². The van der Waals surface area contributed by atoms with E-state index in [9.17, 15) is 0 Å². The molecule has 0 saturated carbocycles. The Morgan fingerprint density at radius 3 is 2.15 bits per heavy atom. The van der Waals surface area contributed by atoms with Gasteiger partial charge in [-0.05, 0) is 19.0 Å². The highest BCUT2D eigenvalue weighted by atomic mass is 35.5. The van der Waals surface area contributed by atoms with Gasteiger partial charge in [-0.3, -0.25) is 4.90 Å². The number of hydrogen-bond acceptors (Lipinski definition) is 4. The van der Waals surface area contributed by atoms with Crippen molar-refractivity contribution in [2.75, 3.05) is 20.1 Å². The summed E-state index contributed by atoms with van der Waals surface area (Å²) in [7, 11) is 2.13. The fraction of sp³-hybridized carbons (Fsp3) is 0.786. The summed E-state index contributed by atoms with van der Waals surface area (Å²) in [6, 6.07) is 0. The second-order valence-corrected chi connectivity index (χ2v) is 7.86. The van der Waals surface area contributed by atoms with Gasteiger partial charge in [0.15, 0.2) is 0 Å². The summed E-state index contributed by atoms with van der Waals surface area (Å²) in [5.41, 5.74) is 7.27. The minimum absolute atomic E-state index is 0. The number of thiazole rings is 1. The van der Waals surface area contributed by atoms with Gasteiger partial charge in [-0.15, -0.1) is 36.2 Å². The summed E-state index contributed by atoms with van der Waals surface area (Å²) < 4.78 is 0. The number of aromatic nitrogens is 1. The fourth-order valence-electron chi connectivity index (χ4n) is 1.81. The molecule has 0 fully saturated rings. The Balaban J connectivity index is 0. The van der Waals surface area contributed by atoms with Gasteiger partial charge in [-0.2, -0.15) is 0 Å². The summed E-state index contributed by atoms with van der Waals surface area (Å²) >= 11 is 1.75. The average molecular weight is 342 g/mol. The Hall–Kier alpha value is 0.130. The molecule has 0 aromatic carbocycles. The molecule has 1 rings (SSSR count). The van der Waals surface area contributed by atoms with E-state index in [2.05, 4.69) is 51.9 Å². The van der Waals surface area contributed by atoms with Gasteiger partial charge in [0.2, 0.25) is 0 Å². The predicted molar refractivity (Wildman–Crippen MR) is 94.5 cm³/mol. The lowest BCUT2D eigenvalue weighted by Crippen LogP contribution is -2.36. The molecule has 1 aromatic heterocycles. The van der Waals surface area contributed by atoms with Crippen LogP contribution < -0.4 is 5.73 Å². The molecular weight excluding hydrogens is 313 g/mol. The van der Waals surface area contributed by atoms with Crippen molar-refractivity contribution in [1.82, 2.24) is 9.88 Å². The van der Waals surface area contributed by atoms with Crippen molar-refractivity contribution >= 4 is 36.2 Å². The second kappa shape index (κ2) is 8.54. The van der Waals surface area contributed by atoms with Crippen LogP contribution in [-0.4, -0.2) is 30.0 Å². The molecule has 0 amide bonds. The van der Waals surface area contributed by atoms with Crippen LogP contribution in [0.4, 0.5) is 0 Å². The first-order chi connectivity index (χ1) is 8.14. The Morgan fingerprint density at radius 2 is 1.75 bits per heavy atom. The molecule has 20 heavy (non-hydrogen) atoms. The molecule has 0 atom stereocenters. The lowest BCUT2D eigenvalue weighted by atomic mass is 9.93. The zero-order valence-corrected chi connectivity index (χ0v) is 15.8. The van der Waals surface area contributed by atoms with Crippen molar-refractivity contribution in [2.45, 2.75) is 46.6 Å². The monoisotopic (exact) mass is 341 g/mol.